The van der Waals surface area contributed by atoms with Crippen LogP contribution in [-0.4, -0.2) is 26.4 Å². The molecule has 0 heterocycles. The molecular formula is C13H26O2. The molecule has 0 radical (unpaired) electrons. The smallest absolute Gasteiger partial charge is 0.0494 e. The zero-order valence-electron chi connectivity index (χ0n) is 10.3. The fourth-order valence-electron chi connectivity index (χ4n) is 2.37. The van der Waals surface area contributed by atoms with Crippen molar-refractivity contribution in [1.29, 1.82) is 0 Å². The summed E-state index contributed by atoms with van der Waals surface area (Å²) in [6, 6.07) is 0. The lowest BCUT2D eigenvalue weighted by Crippen LogP contribution is -2.19. The van der Waals surface area contributed by atoms with E-state index in [0.29, 0.717) is 0 Å². The van der Waals surface area contributed by atoms with Crippen molar-refractivity contribution in [2.45, 2.75) is 46.0 Å². The van der Waals surface area contributed by atoms with E-state index in [1.54, 1.807) is 0 Å². The van der Waals surface area contributed by atoms with Crippen LogP contribution < -0.4 is 0 Å². The second-order valence-electron chi connectivity index (χ2n) is 4.53. The van der Waals surface area contributed by atoms with Crippen LogP contribution in [-0.2, 0) is 9.47 Å². The fourth-order valence-corrected chi connectivity index (χ4v) is 2.37. The van der Waals surface area contributed by atoms with Gasteiger partial charge in [0.15, 0.2) is 0 Å². The quantitative estimate of drug-likeness (QED) is 0.606. The van der Waals surface area contributed by atoms with E-state index in [1.807, 2.05) is 0 Å². The van der Waals surface area contributed by atoms with E-state index in [1.165, 1.54) is 32.1 Å². The molecule has 1 aliphatic carbocycles. The summed E-state index contributed by atoms with van der Waals surface area (Å²) in [5.74, 6) is 1.74. The topological polar surface area (TPSA) is 18.5 Å². The number of hydrogen-bond donors (Lipinski definition) is 0. The van der Waals surface area contributed by atoms with Gasteiger partial charge in [0.1, 0.15) is 0 Å². The molecule has 0 aromatic rings. The van der Waals surface area contributed by atoms with Crippen LogP contribution >= 0.6 is 0 Å². The van der Waals surface area contributed by atoms with Gasteiger partial charge in [0, 0.05) is 26.4 Å². The SMILES string of the molecule is CCOCC[C@H]1CC[C@H](COCC)CC1. The lowest BCUT2D eigenvalue weighted by Gasteiger charge is -2.28. The van der Waals surface area contributed by atoms with Crippen LogP contribution in [0, 0.1) is 11.8 Å². The van der Waals surface area contributed by atoms with Gasteiger partial charge in [-0.3, -0.25) is 0 Å². The van der Waals surface area contributed by atoms with Crippen molar-refractivity contribution in [1.82, 2.24) is 0 Å². The number of ether oxygens (including phenoxy) is 2. The Balaban J connectivity index is 2.02. The van der Waals surface area contributed by atoms with Gasteiger partial charge in [-0.05, 0) is 44.9 Å². The predicted molar refractivity (Wildman–Crippen MR) is 63.1 cm³/mol. The van der Waals surface area contributed by atoms with E-state index in [4.69, 9.17) is 9.47 Å². The zero-order chi connectivity index (χ0) is 10.9. The minimum absolute atomic E-state index is 0.827. The molecule has 1 fully saturated rings. The Morgan fingerprint density at radius 1 is 0.867 bits per heavy atom. The van der Waals surface area contributed by atoms with Gasteiger partial charge < -0.3 is 9.47 Å². The van der Waals surface area contributed by atoms with Crippen LogP contribution in [0.2, 0.25) is 0 Å². The van der Waals surface area contributed by atoms with Crippen LogP contribution in [0.25, 0.3) is 0 Å². The molecule has 0 spiro atoms. The first-order valence-corrected chi connectivity index (χ1v) is 6.52. The first-order valence-electron chi connectivity index (χ1n) is 6.52. The van der Waals surface area contributed by atoms with Gasteiger partial charge in [-0.25, -0.2) is 0 Å². The molecule has 90 valence electrons. The largest absolute Gasteiger partial charge is 0.382 e. The molecule has 1 saturated carbocycles. The summed E-state index contributed by atoms with van der Waals surface area (Å²) >= 11 is 0. The lowest BCUT2D eigenvalue weighted by molar-refractivity contribution is 0.0769. The van der Waals surface area contributed by atoms with Crippen molar-refractivity contribution < 1.29 is 9.47 Å². The molecule has 0 aromatic heterocycles. The first kappa shape index (κ1) is 13.0. The van der Waals surface area contributed by atoms with Crippen molar-refractivity contribution >= 4 is 0 Å². The summed E-state index contributed by atoms with van der Waals surface area (Å²) in [4.78, 5) is 0. The molecule has 1 rings (SSSR count). The van der Waals surface area contributed by atoms with E-state index in [0.717, 1.165) is 38.3 Å². The molecule has 0 bridgehead atoms. The summed E-state index contributed by atoms with van der Waals surface area (Å²) in [6.07, 6.45) is 6.73. The molecule has 1 aliphatic rings. The standard InChI is InChI=1S/C13H26O2/c1-3-14-10-9-12-5-7-13(8-6-12)11-15-4-2/h12-13H,3-11H2,1-2H3/t12-,13-. The van der Waals surface area contributed by atoms with Crippen LogP contribution in [0.3, 0.4) is 0 Å². The fraction of sp³-hybridized carbons (Fsp3) is 1.00. The molecule has 0 aromatic carbocycles. The Kier molecular flexibility index (Phi) is 7.03. The molecule has 15 heavy (non-hydrogen) atoms. The molecule has 0 N–H and O–H groups in total. The second-order valence-corrected chi connectivity index (χ2v) is 4.53. The monoisotopic (exact) mass is 214 g/mol. The van der Waals surface area contributed by atoms with Crippen LogP contribution in [0.15, 0.2) is 0 Å². The first-order chi connectivity index (χ1) is 7.36. The molecule has 0 atom stereocenters. The summed E-state index contributed by atoms with van der Waals surface area (Å²) in [6.45, 7) is 7.81. The molecular weight excluding hydrogens is 188 g/mol. The van der Waals surface area contributed by atoms with Crippen molar-refractivity contribution in [2.24, 2.45) is 11.8 Å². The Morgan fingerprint density at radius 3 is 2.07 bits per heavy atom. The average molecular weight is 214 g/mol. The highest BCUT2D eigenvalue weighted by atomic mass is 16.5. The molecule has 0 aliphatic heterocycles. The highest BCUT2D eigenvalue weighted by Gasteiger charge is 2.20. The van der Waals surface area contributed by atoms with E-state index in [2.05, 4.69) is 13.8 Å². The third-order valence-electron chi connectivity index (χ3n) is 3.40. The van der Waals surface area contributed by atoms with Gasteiger partial charge in [-0.15, -0.1) is 0 Å². The minimum atomic E-state index is 0.827. The lowest BCUT2D eigenvalue weighted by atomic mass is 9.81. The van der Waals surface area contributed by atoms with Crippen molar-refractivity contribution in [3.8, 4) is 0 Å². The third-order valence-corrected chi connectivity index (χ3v) is 3.40. The average Bonchev–Trinajstić information content (AvgIpc) is 2.28. The van der Waals surface area contributed by atoms with Crippen LogP contribution in [0.4, 0.5) is 0 Å². The van der Waals surface area contributed by atoms with Gasteiger partial charge in [-0.2, -0.15) is 0 Å². The highest BCUT2D eigenvalue weighted by Crippen LogP contribution is 2.30. The summed E-state index contributed by atoms with van der Waals surface area (Å²) in [7, 11) is 0. The predicted octanol–water partition coefficient (Wildman–Crippen LogP) is 3.26. The van der Waals surface area contributed by atoms with Crippen LogP contribution in [0.5, 0.6) is 0 Å². The molecule has 2 heteroatoms. The molecule has 0 unspecified atom stereocenters. The Morgan fingerprint density at radius 2 is 1.47 bits per heavy atom. The maximum atomic E-state index is 5.48. The van der Waals surface area contributed by atoms with Gasteiger partial charge in [-0.1, -0.05) is 12.8 Å². The zero-order valence-corrected chi connectivity index (χ0v) is 10.3. The molecule has 0 saturated heterocycles. The maximum absolute atomic E-state index is 5.48. The summed E-state index contributed by atoms with van der Waals surface area (Å²) < 4.78 is 10.9. The summed E-state index contributed by atoms with van der Waals surface area (Å²) in [5, 5.41) is 0. The Hall–Kier alpha value is -0.0800. The van der Waals surface area contributed by atoms with E-state index >= 15 is 0 Å². The minimum Gasteiger partial charge on any atom is -0.382 e. The van der Waals surface area contributed by atoms with Gasteiger partial charge in [0.25, 0.3) is 0 Å². The van der Waals surface area contributed by atoms with E-state index < -0.39 is 0 Å². The van der Waals surface area contributed by atoms with Gasteiger partial charge in [0.05, 0.1) is 0 Å². The molecule has 0 amide bonds. The molecule has 2 nitrogen and oxygen atoms in total. The Labute approximate surface area is 94.3 Å². The highest BCUT2D eigenvalue weighted by molar-refractivity contribution is 4.72. The van der Waals surface area contributed by atoms with Crippen molar-refractivity contribution in [2.75, 3.05) is 26.4 Å². The van der Waals surface area contributed by atoms with Gasteiger partial charge >= 0.3 is 0 Å². The van der Waals surface area contributed by atoms with E-state index in [9.17, 15) is 0 Å². The normalized spacial score (nSPS) is 26.8. The second kappa shape index (κ2) is 8.12. The van der Waals surface area contributed by atoms with E-state index in [-0.39, 0.29) is 0 Å². The maximum Gasteiger partial charge on any atom is 0.0494 e. The van der Waals surface area contributed by atoms with Crippen molar-refractivity contribution in [3.05, 3.63) is 0 Å². The summed E-state index contributed by atoms with van der Waals surface area (Å²) in [5.41, 5.74) is 0. The number of rotatable bonds is 7. The van der Waals surface area contributed by atoms with Gasteiger partial charge in [0.2, 0.25) is 0 Å². The van der Waals surface area contributed by atoms with Crippen molar-refractivity contribution in [3.63, 3.8) is 0 Å². The Bertz CT molecular complexity index is 139. The van der Waals surface area contributed by atoms with Crippen LogP contribution in [0.1, 0.15) is 46.0 Å². The third kappa shape index (κ3) is 5.53. The number of hydrogen-bond acceptors (Lipinski definition) is 2.